The minimum absolute atomic E-state index is 0.0258. The molecule has 0 saturated carbocycles. The molecule has 120 valence electrons. The third-order valence-electron chi connectivity index (χ3n) is 4.20. The highest BCUT2D eigenvalue weighted by Crippen LogP contribution is 2.36. The summed E-state index contributed by atoms with van der Waals surface area (Å²) in [5.41, 5.74) is 0.610. The van der Waals surface area contributed by atoms with Crippen LogP contribution in [0.5, 0.6) is 0 Å². The number of ether oxygens (including phenoxy) is 1. The summed E-state index contributed by atoms with van der Waals surface area (Å²) in [7, 11) is 0. The Kier molecular flexibility index (Phi) is 4.50. The Morgan fingerprint density at radius 3 is 2.74 bits per heavy atom. The predicted octanol–water partition coefficient (Wildman–Crippen LogP) is 3.86. The van der Waals surface area contributed by atoms with Crippen molar-refractivity contribution in [3.05, 3.63) is 69.9 Å². The fourth-order valence-corrected chi connectivity index (χ4v) is 3.29. The highest BCUT2D eigenvalue weighted by molar-refractivity contribution is 9.10. The monoisotopic (exact) mass is 377 g/mol. The number of hydrogen-bond donors (Lipinski definition) is 0. The molecule has 1 saturated heterocycles. The highest BCUT2D eigenvalue weighted by atomic mass is 79.9. The van der Waals surface area contributed by atoms with Gasteiger partial charge in [0, 0.05) is 16.6 Å². The number of nitrogens with zero attached hydrogens (tertiary/aromatic N) is 1. The second-order valence-electron chi connectivity index (χ2n) is 5.86. The van der Waals surface area contributed by atoms with E-state index in [1.54, 1.807) is 17.0 Å². The number of rotatable bonds is 3. The van der Waals surface area contributed by atoms with Gasteiger partial charge in [-0.3, -0.25) is 4.79 Å². The molecule has 0 aliphatic carbocycles. The molecule has 0 spiro atoms. The fourth-order valence-electron chi connectivity index (χ4n) is 2.93. The van der Waals surface area contributed by atoms with Crippen molar-refractivity contribution in [3.8, 4) is 0 Å². The van der Waals surface area contributed by atoms with Crippen LogP contribution in [-0.4, -0.2) is 24.0 Å². The Morgan fingerprint density at radius 1 is 1.26 bits per heavy atom. The second kappa shape index (κ2) is 6.42. The van der Waals surface area contributed by atoms with Crippen molar-refractivity contribution in [1.29, 1.82) is 0 Å². The van der Waals surface area contributed by atoms with Crippen molar-refractivity contribution in [1.82, 2.24) is 4.90 Å². The fraction of sp³-hybridized carbons (Fsp3) is 0.278. The van der Waals surface area contributed by atoms with Crippen LogP contribution in [0.1, 0.15) is 18.1 Å². The molecule has 0 aromatic heterocycles. The quantitative estimate of drug-likeness (QED) is 0.812. The van der Waals surface area contributed by atoms with Crippen LogP contribution in [0.15, 0.2) is 53.0 Å². The van der Waals surface area contributed by atoms with Crippen LogP contribution in [-0.2, 0) is 21.6 Å². The molecule has 1 fully saturated rings. The molecule has 2 aromatic rings. The molecule has 1 heterocycles. The third kappa shape index (κ3) is 3.16. The van der Waals surface area contributed by atoms with Gasteiger partial charge in [0.25, 0.3) is 0 Å². The molecule has 1 aliphatic heterocycles. The SMILES string of the molecule is CC1(c2cc(Br)ccc2F)COCC(=O)N1Cc1ccccc1. The smallest absolute Gasteiger partial charge is 0.249 e. The molecular weight excluding hydrogens is 361 g/mol. The van der Waals surface area contributed by atoms with Crippen LogP contribution < -0.4 is 0 Å². The third-order valence-corrected chi connectivity index (χ3v) is 4.69. The Bertz CT molecular complexity index is 722. The number of hydrogen-bond acceptors (Lipinski definition) is 2. The lowest BCUT2D eigenvalue weighted by molar-refractivity contribution is -0.159. The minimum Gasteiger partial charge on any atom is -0.369 e. The summed E-state index contributed by atoms with van der Waals surface area (Å²) in [4.78, 5) is 14.2. The molecule has 1 aliphatic rings. The minimum atomic E-state index is -0.848. The van der Waals surface area contributed by atoms with Crippen molar-refractivity contribution in [2.75, 3.05) is 13.2 Å². The first kappa shape index (κ1) is 16.1. The summed E-state index contributed by atoms with van der Waals surface area (Å²) in [6.45, 7) is 2.56. The molecule has 0 radical (unpaired) electrons. The van der Waals surface area contributed by atoms with E-state index >= 15 is 0 Å². The molecule has 1 atom stereocenters. The molecule has 5 heteroatoms. The van der Waals surface area contributed by atoms with E-state index in [2.05, 4.69) is 15.9 Å². The summed E-state index contributed by atoms with van der Waals surface area (Å²) in [6, 6.07) is 14.5. The van der Waals surface area contributed by atoms with Crippen LogP contribution in [0.2, 0.25) is 0 Å². The Hall–Kier alpha value is -1.72. The zero-order chi connectivity index (χ0) is 16.4. The average Bonchev–Trinajstić information content (AvgIpc) is 2.54. The number of morpholine rings is 1. The Balaban J connectivity index is 2.02. The van der Waals surface area contributed by atoms with Gasteiger partial charge in [-0.05, 0) is 30.7 Å². The zero-order valence-corrected chi connectivity index (χ0v) is 14.3. The van der Waals surface area contributed by atoms with E-state index in [0.29, 0.717) is 12.1 Å². The van der Waals surface area contributed by atoms with Crippen molar-refractivity contribution in [2.45, 2.75) is 19.0 Å². The van der Waals surface area contributed by atoms with Crippen LogP contribution in [0.4, 0.5) is 4.39 Å². The van der Waals surface area contributed by atoms with E-state index in [1.165, 1.54) is 6.07 Å². The van der Waals surface area contributed by atoms with Crippen molar-refractivity contribution in [3.63, 3.8) is 0 Å². The molecule has 3 nitrogen and oxygen atoms in total. The number of carbonyl (C=O) groups is 1. The van der Waals surface area contributed by atoms with Crippen LogP contribution >= 0.6 is 15.9 Å². The first-order chi connectivity index (χ1) is 11.0. The number of benzene rings is 2. The topological polar surface area (TPSA) is 29.5 Å². The van der Waals surface area contributed by atoms with E-state index in [0.717, 1.165) is 10.0 Å². The van der Waals surface area contributed by atoms with Crippen LogP contribution in [0, 0.1) is 5.82 Å². The molecule has 0 bridgehead atoms. The Morgan fingerprint density at radius 2 is 2.00 bits per heavy atom. The van der Waals surface area contributed by atoms with E-state index in [1.807, 2.05) is 37.3 Å². The zero-order valence-electron chi connectivity index (χ0n) is 12.8. The van der Waals surface area contributed by atoms with Gasteiger partial charge in [-0.25, -0.2) is 4.39 Å². The molecule has 1 unspecified atom stereocenters. The summed E-state index contributed by atoms with van der Waals surface area (Å²) in [6.07, 6.45) is 0. The van der Waals surface area contributed by atoms with Gasteiger partial charge < -0.3 is 9.64 Å². The van der Waals surface area contributed by atoms with E-state index in [-0.39, 0.29) is 24.9 Å². The standard InChI is InChI=1S/C18H17BrFNO2/c1-18(15-9-14(19)7-8-16(15)20)12-23-11-17(22)21(18)10-13-5-3-2-4-6-13/h2-9H,10-12H2,1H3. The number of amides is 1. The van der Waals surface area contributed by atoms with Gasteiger partial charge in [-0.2, -0.15) is 0 Å². The lowest BCUT2D eigenvalue weighted by Gasteiger charge is -2.45. The van der Waals surface area contributed by atoms with Gasteiger partial charge in [0.15, 0.2) is 0 Å². The van der Waals surface area contributed by atoms with Crippen molar-refractivity contribution < 1.29 is 13.9 Å². The largest absolute Gasteiger partial charge is 0.369 e. The first-order valence-corrected chi connectivity index (χ1v) is 8.18. The Labute approximate surface area is 143 Å². The summed E-state index contributed by atoms with van der Waals surface area (Å²) < 4.78 is 20.6. The molecule has 0 N–H and O–H groups in total. The number of carbonyl (C=O) groups excluding carboxylic acids is 1. The predicted molar refractivity (Wildman–Crippen MR) is 89.3 cm³/mol. The second-order valence-corrected chi connectivity index (χ2v) is 6.77. The van der Waals surface area contributed by atoms with Crippen molar-refractivity contribution in [2.24, 2.45) is 0 Å². The maximum Gasteiger partial charge on any atom is 0.249 e. The van der Waals surface area contributed by atoms with E-state index in [4.69, 9.17) is 4.74 Å². The number of halogens is 2. The molecule has 2 aromatic carbocycles. The summed E-state index contributed by atoms with van der Waals surface area (Å²) in [5.74, 6) is -0.478. The molecule has 23 heavy (non-hydrogen) atoms. The lowest BCUT2D eigenvalue weighted by atomic mass is 9.88. The van der Waals surface area contributed by atoms with Crippen LogP contribution in [0.3, 0.4) is 0 Å². The van der Waals surface area contributed by atoms with Gasteiger partial charge in [-0.15, -0.1) is 0 Å². The average molecular weight is 378 g/mol. The summed E-state index contributed by atoms with van der Waals surface area (Å²) in [5, 5.41) is 0. The van der Waals surface area contributed by atoms with Crippen LogP contribution in [0.25, 0.3) is 0 Å². The van der Waals surface area contributed by atoms with E-state index < -0.39 is 5.54 Å². The molecule has 3 rings (SSSR count). The summed E-state index contributed by atoms with van der Waals surface area (Å²) >= 11 is 3.38. The normalized spacial score (nSPS) is 21.5. The molecular formula is C18H17BrFNO2. The van der Waals surface area contributed by atoms with Gasteiger partial charge in [0.05, 0.1) is 12.1 Å². The first-order valence-electron chi connectivity index (χ1n) is 7.38. The highest BCUT2D eigenvalue weighted by Gasteiger charge is 2.42. The van der Waals surface area contributed by atoms with Gasteiger partial charge in [0.1, 0.15) is 12.4 Å². The van der Waals surface area contributed by atoms with Gasteiger partial charge in [-0.1, -0.05) is 46.3 Å². The maximum absolute atomic E-state index is 14.4. The maximum atomic E-state index is 14.4. The van der Waals surface area contributed by atoms with E-state index in [9.17, 15) is 9.18 Å². The lowest BCUT2D eigenvalue weighted by Crippen LogP contribution is -2.55. The molecule has 1 amide bonds. The van der Waals surface area contributed by atoms with Crippen molar-refractivity contribution >= 4 is 21.8 Å². The van der Waals surface area contributed by atoms with Gasteiger partial charge in [0.2, 0.25) is 5.91 Å². The van der Waals surface area contributed by atoms with Gasteiger partial charge >= 0.3 is 0 Å².